The van der Waals surface area contributed by atoms with E-state index in [4.69, 9.17) is 11.6 Å². The lowest BCUT2D eigenvalue weighted by atomic mass is 10.1. The topological polar surface area (TPSA) is 56.0 Å². The van der Waals surface area contributed by atoms with E-state index in [1.54, 1.807) is 18.2 Å². The van der Waals surface area contributed by atoms with Crippen molar-refractivity contribution in [2.45, 2.75) is 6.92 Å². The lowest BCUT2D eigenvalue weighted by molar-refractivity contribution is -0.384. The Bertz CT molecular complexity index is 564. The van der Waals surface area contributed by atoms with Crippen LogP contribution in [0.2, 0.25) is 5.15 Å². The molecule has 2 rings (SSSR count). The van der Waals surface area contributed by atoms with E-state index >= 15 is 0 Å². The molecule has 1 aromatic carbocycles. The molecule has 4 nitrogen and oxygen atoms in total. The van der Waals surface area contributed by atoms with Crippen molar-refractivity contribution in [1.29, 1.82) is 0 Å². The SMILES string of the molecule is Cc1cc(-c2cccc([N+](=O)[O-])c2)cc(Cl)n1. The Hall–Kier alpha value is -1.94. The Kier molecular flexibility index (Phi) is 3.06. The highest BCUT2D eigenvalue weighted by Gasteiger charge is 2.08. The molecule has 17 heavy (non-hydrogen) atoms. The number of nitro groups is 1. The maximum Gasteiger partial charge on any atom is 0.270 e. The maximum absolute atomic E-state index is 10.7. The van der Waals surface area contributed by atoms with Gasteiger partial charge in [0.25, 0.3) is 5.69 Å². The van der Waals surface area contributed by atoms with E-state index < -0.39 is 4.92 Å². The molecule has 0 radical (unpaired) electrons. The minimum Gasteiger partial charge on any atom is -0.258 e. The largest absolute Gasteiger partial charge is 0.270 e. The van der Waals surface area contributed by atoms with Gasteiger partial charge in [-0.1, -0.05) is 23.7 Å². The van der Waals surface area contributed by atoms with E-state index in [0.717, 1.165) is 16.8 Å². The third-order valence-electron chi connectivity index (χ3n) is 2.31. The summed E-state index contributed by atoms with van der Waals surface area (Å²) in [5.41, 5.74) is 2.42. The number of aromatic nitrogens is 1. The summed E-state index contributed by atoms with van der Waals surface area (Å²) >= 11 is 5.86. The number of hydrogen-bond donors (Lipinski definition) is 0. The molecule has 1 heterocycles. The average Bonchev–Trinajstić information content (AvgIpc) is 2.28. The van der Waals surface area contributed by atoms with Crippen molar-refractivity contribution in [2.24, 2.45) is 0 Å². The first-order valence-electron chi connectivity index (χ1n) is 4.95. The van der Waals surface area contributed by atoms with E-state index in [0.29, 0.717) is 5.15 Å². The molecule has 2 aromatic rings. The molecule has 0 aliphatic rings. The second kappa shape index (κ2) is 4.51. The summed E-state index contributed by atoms with van der Waals surface area (Å²) in [7, 11) is 0. The van der Waals surface area contributed by atoms with Gasteiger partial charge in [-0.3, -0.25) is 10.1 Å². The van der Waals surface area contributed by atoms with E-state index in [2.05, 4.69) is 4.98 Å². The Labute approximate surface area is 103 Å². The van der Waals surface area contributed by atoms with Gasteiger partial charge in [0.15, 0.2) is 0 Å². The van der Waals surface area contributed by atoms with Crippen LogP contribution in [0.4, 0.5) is 5.69 Å². The van der Waals surface area contributed by atoms with Crippen LogP contribution < -0.4 is 0 Å². The van der Waals surface area contributed by atoms with Crippen molar-refractivity contribution in [3.63, 3.8) is 0 Å². The standard InChI is InChI=1S/C12H9ClN2O2/c1-8-5-10(7-12(13)14-8)9-3-2-4-11(6-9)15(16)17/h2-7H,1H3. The fourth-order valence-electron chi connectivity index (χ4n) is 1.59. The minimum atomic E-state index is -0.418. The number of nitro benzene ring substituents is 1. The van der Waals surface area contributed by atoms with E-state index in [9.17, 15) is 10.1 Å². The highest BCUT2D eigenvalue weighted by atomic mass is 35.5. The summed E-state index contributed by atoms with van der Waals surface area (Å²) in [5.74, 6) is 0. The number of benzene rings is 1. The van der Waals surface area contributed by atoms with Crippen molar-refractivity contribution >= 4 is 17.3 Å². The molecular formula is C12H9ClN2O2. The van der Waals surface area contributed by atoms with Crippen LogP contribution in [0.25, 0.3) is 11.1 Å². The highest BCUT2D eigenvalue weighted by Crippen LogP contribution is 2.25. The zero-order valence-corrected chi connectivity index (χ0v) is 9.81. The van der Waals surface area contributed by atoms with Gasteiger partial charge in [-0.15, -0.1) is 0 Å². The van der Waals surface area contributed by atoms with Crippen LogP contribution in [0.5, 0.6) is 0 Å². The number of hydrogen-bond acceptors (Lipinski definition) is 3. The highest BCUT2D eigenvalue weighted by molar-refractivity contribution is 6.29. The molecule has 5 heteroatoms. The lowest BCUT2D eigenvalue weighted by Crippen LogP contribution is -1.89. The fraction of sp³-hybridized carbons (Fsp3) is 0.0833. The summed E-state index contributed by atoms with van der Waals surface area (Å²) < 4.78 is 0. The first-order chi connectivity index (χ1) is 8.06. The fourth-order valence-corrected chi connectivity index (χ4v) is 1.84. The number of pyridine rings is 1. The molecule has 86 valence electrons. The predicted octanol–water partition coefficient (Wildman–Crippen LogP) is 3.62. The molecule has 0 saturated heterocycles. The number of aryl methyl sites for hydroxylation is 1. The number of nitrogens with zero attached hydrogens (tertiary/aromatic N) is 2. The van der Waals surface area contributed by atoms with Crippen molar-refractivity contribution < 1.29 is 4.92 Å². The molecule has 0 aliphatic carbocycles. The number of rotatable bonds is 2. The normalized spacial score (nSPS) is 10.2. The molecule has 0 spiro atoms. The van der Waals surface area contributed by atoms with Gasteiger partial charge in [0.2, 0.25) is 0 Å². The van der Waals surface area contributed by atoms with Gasteiger partial charge >= 0.3 is 0 Å². The molecule has 0 unspecified atom stereocenters. The summed E-state index contributed by atoms with van der Waals surface area (Å²) in [6.45, 7) is 1.83. The van der Waals surface area contributed by atoms with Gasteiger partial charge in [-0.05, 0) is 30.2 Å². The second-order valence-corrected chi connectivity index (χ2v) is 4.01. The van der Waals surface area contributed by atoms with Gasteiger partial charge in [0, 0.05) is 17.8 Å². The predicted molar refractivity (Wildman–Crippen MR) is 66.1 cm³/mol. The maximum atomic E-state index is 10.7. The number of non-ortho nitro benzene ring substituents is 1. The Morgan fingerprint density at radius 2 is 2.00 bits per heavy atom. The first kappa shape index (κ1) is 11.5. The molecule has 0 amide bonds. The molecular weight excluding hydrogens is 240 g/mol. The molecule has 0 N–H and O–H groups in total. The molecule has 0 bridgehead atoms. The molecule has 0 atom stereocenters. The zero-order chi connectivity index (χ0) is 12.4. The van der Waals surface area contributed by atoms with Crippen LogP contribution in [0, 0.1) is 17.0 Å². The Balaban J connectivity index is 2.52. The van der Waals surface area contributed by atoms with Crippen molar-refractivity contribution in [3.8, 4) is 11.1 Å². The van der Waals surface area contributed by atoms with Gasteiger partial charge < -0.3 is 0 Å². The average molecular weight is 249 g/mol. The molecule has 1 aromatic heterocycles. The lowest BCUT2D eigenvalue weighted by Gasteiger charge is -2.03. The van der Waals surface area contributed by atoms with Gasteiger partial charge in [-0.25, -0.2) is 4.98 Å². The van der Waals surface area contributed by atoms with Crippen molar-refractivity contribution in [3.05, 3.63) is 57.4 Å². The van der Waals surface area contributed by atoms with Crippen molar-refractivity contribution in [1.82, 2.24) is 4.98 Å². The molecule has 0 saturated carbocycles. The molecule has 0 aliphatic heterocycles. The first-order valence-corrected chi connectivity index (χ1v) is 5.33. The summed E-state index contributed by atoms with van der Waals surface area (Å²) in [6, 6.07) is 9.96. The van der Waals surface area contributed by atoms with Crippen LogP contribution in [-0.2, 0) is 0 Å². The van der Waals surface area contributed by atoms with Gasteiger partial charge in [0.1, 0.15) is 5.15 Å². The third kappa shape index (κ3) is 2.60. The monoisotopic (exact) mass is 248 g/mol. The van der Waals surface area contributed by atoms with Crippen LogP contribution in [-0.4, -0.2) is 9.91 Å². The smallest absolute Gasteiger partial charge is 0.258 e. The van der Waals surface area contributed by atoms with Crippen LogP contribution in [0.3, 0.4) is 0 Å². The summed E-state index contributed by atoms with van der Waals surface area (Å²) in [5, 5.41) is 11.1. The molecule has 0 fully saturated rings. The van der Waals surface area contributed by atoms with E-state index in [1.165, 1.54) is 12.1 Å². The van der Waals surface area contributed by atoms with Crippen LogP contribution in [0.15, 0.2) is 36.4 Å². The second-order valence-electron chi connectivity index (χ2n) is 3.63. The van der Waals surface area contributed by atoms with E-state index in [-0.39, 0.29) is 5.69 Å². The zero-order valence-electron chi connectivity index (χ0n) is 9.05. The summed E-state index contributed by atoms with van der Waals surface area (Å²) in [6.07, 6.45) is 0. The minimum absolute atomic E-state index is 0.0630. The van der Waals surface area contributed by atoms with Crippen LogP contribution in [0.1, 0.15) is 5.69 Å². The van der Waals surface area contributed by atoms with Gasteiger partial charge in [-0.2, -0.15) is 0 Å². The Morgan fingerprint density at radius 3 is 2.65 bits per heavy atom. The summed E-state index contributed by atoms with van der Waals surface area (Å²) in [4.78, 5) is 14.3. The van der Waals surface area contributed by atoms with Gasteiger partial charge in [0.05, 0.1) is 4.92 Å². The van der Waals surface area contributed by atoms with Crippen LogP contribution >= 0.6 is 11.6 Å². The van der Waals surface area contributed by atoms with Crippen molar-refractivity contribution in [2.75, 3.05) is 0 Å². The quantitative estimate of drug-likeness (QED) is 0.463. The number of halogens is 1. The van der Waals surface area contributed by atoms with E-state index in [1.807, 2.05) is 13.0 Å². The third-order valence-corrected chi connectivity index (χ3v) is 2.51. The Morgan fingerprint density at radius 1 is 1.24 bits per heavy atom.